The number of H-pyrrole nitrogens is 1. The first-order valence-electron chi connectivity index (χ1n) is 8.54. The quantitative estimate of drug-likeness (QED) is 0.365. The van der Waals surface area contributed by atoms with Gasteiger partial charge in [-0.1, -0.05) is 46.3 Å². The van der Waals surface area contributed by atoms with Crippen LogP contribution in [0.4, 0.5) is 5.95 Å². The van der Waals surface area contributed by atoms with Gasteiger partial charge in [-0.3, -0.25) is 9.78 Å². The van der Waals surface area contributed by atoms with Crippen molar-refractivity contribution < 1.29 is 4.74 Å². The van der Waals surface area contributed by atoms with E-state index in [9.17, 15) is 10.1 Å². The number of aromatic nitrogens is 2. The van der Waals surface area contributed by atoms with E-state index < -0.39 is 5.56 Å². The molecule has 0 radical (unpaired) electrons. The zero-order chi connectivity index (χ0) is 20.8. The van der Waals surface area contributed by atoms with Crippen LogP contribution in [0.1, 0.15) is 18.1 Å². The lowest BCUT2D eigenvalue weighted by molar-refractivity contribution is 0.337. The maximum absolute atomic E-state index is 12.3. The van der Waals surface area contributed by atoms with Crippen molar-refractivity contribution in [1.82, 2.24) is 9.97 Å². The van der Waals surface area contributed by atoms with Gasteiger partial charge in [-0.2, -0.15) is 10.4 Å². The van der Waals surface area contributed by atoms with Crippen molar-refractivity contribution in [3.8, 4) is 23.1 Å². The third-order valence-electron chi connectivity index (χ3n) is 3.78. The lowest BCUT2D eigenvalue weighted by atomic mass is 10.1. The fourth-order valence-electron chi connectivity index (χ4n) is 2.57. The number of nitrogens with one attached hydrogen (secondary N) is 2. The van der Waals surface area contributed by atoms with E-state index in [2.05, 4.69) is 52.4 Å². The highest BCUT2D eigenvalue weighted by atomic mass is 79.9. The molecule has 9 heteroatoms. The summed E-state index contributed by atoms with van der Waals surface area (Å²) in [5.74, 6) is 0.767. The smallest absolute Gasteiger partial charge is 0.270 e. The first-order valence-corrected chi connectivity index (χ1v) is 10.1. The van der Waals surface area contributed by atoms with Crippen molar-refractivity contribution in [3.63, 3.8) is 0 Å². The lowest BCUT2D eigenvalue weighted by Gasteiger charge is -2.10. The van der Waals surface area contributed by atoms with E-state index in [0.717, 1.165) is 14.5 Å². The van der Waals surface area contributed by atoms with E-state index in [1.807, 2.05) is 43.3 Å². The predicted octanol–water partition coefficient (Wildman–Crippen LogP) is 4.68. The number of ether oxygens (including phenoxy) is 1. The van der Waals surface area contributed by atoms with Crippen molar-refractivity contribution in [2.45, 2.75) is 6.92 Å². The molecule has 0 atom stereocenters. The van der Waals surface area contributed by atoms with Gasteiger partial charge in [0, 0.05) is 15.6 Å². The van der Waals surface area contributed by atoms with Gasteiger partial charge in [0.1, 0.15) is 17.4 Å². The van der Waals surface area contributed by atoms with Gasteiger partial charge in [-0.25, -0.2) is 10.4 Å². The molecule has 0 spiro atoms. The largest absolute Gasteiger partial charge is 0.492 e. The van der Waals surface area contributed by atoms with Gasteiger partial charge in [-0.15, -0.1) is 0 Å². The van der Waals surface area contributed by atoms with E-state index in [1.54, 1.807) is 18.3 Å². The summed E-state index contributed by atoms with van der Waals surface area (Å²) in [5.41, 5.74) is 3.79. The predicted molar refractivity (Wildman–Crippen MR) is 119 cm³/mol. The molecule has 7 nitrogen and oxygen atoms in total. The molecule has 0 unspecified atom stereocenters. The molecule has 0 aliphatic heterocycles. The van der Waals surface area contributed by atoms with Crippen molar-refractivity contribution in [1.29, 1.82) is 5.26 Å². The molecule has 1 heterocycles. The van der Waals surface area contributed by atoms with Gasteiger partial charge >= 0.3 is 0 Å². The Labute approximate surface area is 183 Å². The van der Waals surface area contributed by atoms with Crippen LogP contribution in [0.25, 0.3) is 11.3 Å². The normalized spacial score (nSPS) is 10.7. The number of halogens is 2. The van der Waals surface area contributed by atoms with E-state index >= 15 is 0 Å². The van der Waals surface area contributed by atoms with Gasteiger partial charge in [0.05, 0.1) is 23.0 Å². The topological polar surface area (TPSA) is 103 Å². The van der Waals surface area contributed by atoms with Gasteiger partial charge in [-0.05, 0) is 35.0 Å². The number of aromatic amines is 1. The number of hydrazone groups is 1. The van der Waals surface area contributed by atoms with Crippen LogP contribution in [0.15, 0.2) is 61.3 Å². The summed E-state index contributed by atoms with van der Waals surface area (Å²) in [5, 5.41) is 13.5. The minimum atomic E-state index is -0.542. The number of rotatable bonds is 6. The maximum Gasteiger partial charge on any atom is 0.270 e. The molecule has 0 fully saturated rings. The van der Waals surface area contributed by atoms with Crippen LogP contribution in [0.2, 0.25) is 0 Å². The Bertz CT molecular complexity index is 1150. The summed E-state index contributed by atoms with van der Waals surface area (Å²) in [6.07, 6.45) is 1.56. The molecule has 0 saturated carbocycles. The second-order valence-electron chi connectivity index (χ2n) is 5.72. The average molecular weight is 517 g/mol. The Hall–Kier alpha value is -2.96. The van der Waals surface area contributed by atoms with Gasteiger partial charge in [0.25, 0.3) is 5.56 Å². The SMILES string of the molecule is CCOc1c(Br)cc(Br)cc1C=NNc1nc(-c2ccccc2)c(C#N)c(=O)[nH]1. The van der Waals surface area contributed by atoms with Gasteiger partial charge in [0.15, 0.2) is 0 Å². The highest BCUT2D eigenvalue weighted by Crippen LogP contribution is 2.32. The Balaban J connectivity index is 1.94. The monoisotopic (exact) mass is 515 g/mol. The summed E-state index contributed by atoms with van der Waals surface area (Å²) >= 11 is 6.91. The summed E-state index contributed by atoms with van der Waals surface area (Å²) in [7, 11) is 0. The van der Waals surface area contributed by atoms with Crippen molar-refractivity contribution >= 4 is 44.0 Å². The Kier molecular flexibility index (Phi) is 6.80. The summed E-state index contributed by atoms with van der Waals surface area (Å²) in [6.45, 7) is 2.39. The number of nitrogens with zero attached hydrogens (tertiary/aromatic N) is 3. The van der Waals surface area contributed by atoms with Crippen LogP contribution >= 0.6 is 31.9 Å². The molecule has 29 heavy (non-hydrogen) atoms. The highest BCUT2D eigenvalue weighted by molar-refractivity contribution is 9.11. The number of anilines is 1. The zero-order valence-electron chi connectivity index (χ0n) is 15.2. The minimum absolute atomic E-state index is 0.0553. The van der Waals surface area contributed by atoms with Gasteiger partial charge < -0.3 is 4.74 Å². The summed E-state index contributed by atoms with van der Waals surface area (Å²) < 4.78 is 7.29. The number of hydrogen-bond acceptors (Lipinski definition) is 6. The fraction of sp³-hybridized carbons (Fsp3) is 0.100. The molecular weight excluding hydrogens is 502 g/mol. The molecular formula is C20H15Br2N5O2. The second kappa shape index (κ2) is 9.49. The van der Waals surface area contributed by atoms with Crippen LogP contribution in [0.3, 0.4) is 0 Å². The van der Waals surface area contributed by atoms with E-state index in [0.29, 0.717) is 17.9 Å². The summed E-state index contributed by atoms with van der Waals surface area (Å²) in [4.78, 5) is 19.2. The van der Waals surface area contributed by atoms with Crippen LogP contribution in [0, 0.1) is 11.3 Å². The number of hydrogen-bond donors (Lipinski definition) is 2. The molecule has 3 aromatic rings. The first-order chi connectivity index (χ1) is 14.0. The summed E-state index contributed by atoms with van der Waals surface area (Å²) in [6, 6.07) is 14.7. The number of benzene rings is 2. The Morgan fingerprint density at radius 2 is 2.07 bits per heavy atom. The maximum atomic E-state index is 12.3. The van der Waals surface area contributed by atoms with Crippen molar-refractivity contribution in [2.24, 2.45) is 5.10 Å². The third kappa shape index (κ3) is 4.91. The Morgan fingerprint density at radius 3 is 2.76 bits per heavy atom. The van der Waals surface area contributed by atoms with Crippen molar-refractivity contribution in [2.75, 3.05) is 12.0 Å². The molecule has 0 saturated heterocycles. The van der Waals surface area contributed by atoms with Crippen LogP contribution in [-0.2, 0) is 0 Å². The fourth-order valence-corrected chi connectivity index (χ4v) is 3.94. The molecule has 0 aliphatic carbocycles. The van der Waals surface area contributed by atoms with Gasteiger partial charge in [0.2, 0.25) is 5.95 Å². The van der Waals surface area contributed by atoms with Crippen LogP contribution in [-0.4, -0.2) is 22.8 Å². The zero-order valence-corrected chi connectivity index (χ0v) is 18.4. The molecule has 2 N–H and O–H groups in total. The third-order valence-corrected chi connectivity index (χ3v) is 4.83. The number of nitriles is 1. The standard InChI is InChI=1S/C20H15Br2N5O2/c1-2-29-18-13(8-14(21)9-16(18)22)11-24-27-20-25-17(12-6-4-3-5-7-12)15(10-23)19(28)26-20/h3-9,11H,2H2,1H3,(H2,25,26,27,28). The van der Waals surface area contributed by atoms with E-state index in [4.69, 9.17) is 4.74 Å². The van der Waals surface area contributed by atoms with E-state index in [-0.39, 0.29) is 17.2 Å². The molecule has 2 aromatic carbocycles. The first kappa shape index (κ1) is 20.8. The average Bonchev–Trinajstić information content (AvgIpc) is 2.70. The lowest BCUT2D eigenvalue weighted by Crippen LogP contribution is -2.16. The van der Waals surface area contributed by atoms with E-state index in [1.165, 1.54) is 0 Å². The molecule has 0 bridgehead atoms. The molecule has 0 amide bonds. The van der Waals surface area contributed by atoms with Crippen LogP contribution < -0.4 is 15.7 Å². The minimum Gasteiger partial charge on any atom is -0.492 e. The molecule has 0 aliphatic rings. The molecule has 3 rings (SSSR count). The molecule has 146 valence electrons. The van der Waals surface area contributed by atoms with Crippen molar-refractivity contribution in [3.05, 3.63) is 72.9 Å². The highest BCUT2D eigenvalue weighted by Gasteiger charge is 2.13. The molecule has 1 aromatic heterocycles. The second-order valence-corrected chi connectivity index (χ2v) is 7.49. The Morgan fingerprint density at radius 1 is 1.31 bits per heavy atom. The van der Waals surface area contributed by atoms with Crippen LogP contribution in [0.5, 0.6) is 5.75 Å².